The van der Waals surface area contributed by atoms with Crippen LogP contribution in [0.1, 0.15) is 56.8 Å². The van der Waals surface area contributed by atoms with Gasteiger partial charge in [0, 0.05) is 5.92 Å². The molecule has 3 N–H and O–H groups in total. The Morgan fingerprint density at radius 3 is 2.30 bits per heavy atom. The first-order valence-electron chi connectivity index (χ1n) is 7.40. The summed E-state index contributed by atoms with van der Waals surface area (Å²) in [7, 11) is 0. The molecule has 3 nitrogen and oxygen atoms in total. The number of rotatable bonds is 3. The van der Waals surface area contributed by atoms with Gasteiger partial charge in [-0.1, -0.05) is 18.2 Å². The Hall–Kier alpha value is -0.900. The number of hydrogen-bond acceptors (Lipinski definition) is 3. The number of benzene rings is 1. The summed E-state index contributed by atoms with van der Waals surface area (Å²) in [6.45, 7) is 12.9. The van der Waals surface area contributed by atoms with Gasteiger partial charge in [-0.25, -0.2) is 0 Å². The second kappa shape index (κ2) is 5.14. The van der Waals surface area contributed by atoms with Crippen LogP contribution in [0.5, 0.6) is 0 Å². The van der Waals surface area contributed by atoms with Gasteiger partial charge in [-0.15, -0.1) is 0 Å². The van der Waals surface area contributed by atoms with Gasteiger partial charge in [-0.3, -0.25) is 11.3 Å². The average molecular weight is 276 g/mol. The Bertz CT molecular complexity index is 494. The first-order chi connectivity index (χ1) is 9.16. The minimum Gasteiger partial charge on any atom is -0.369 e. The molecule has 1 aliphatic heterocycles. The molecular formula is C17H28N2O. The van der Waals surface area contributed by atoms with Gasteiger partial charge in [0.25, 0.3) is 0 Å². The zero-order valence-electron chi connectivity index (χ0n) is 13.6. The van der Waals surface area contributed by atoms with Gasteiger partial charge in [-0.2, -0.15) is 0 Å². The number of nitrogens with one attached hydrogen (secondary N) is 1. The van der Waals surface area contributed by atoms with Crippen molar-refractivity contribution in [3.05, 3.63) is 34.9 Å². The van der Waals surface area contributed by atoms with E-state index in [4.69, 9.17) is 10.6 Å². The predicted octanol–water partition coefficient (Wildman–Crippen LogP) is 3.40. The fraction of sp³-hybridized carbons (Fsp3) is 0.647. The van der Waals surface area contributed by atoms with Crippen molar-refractivity contribution >= 4 is 0 Å². The van der Waals surface area contributed by atoms with Gasteiger partial charge in [0.1, 0.15) is 0 Å². The molecule has 0 aliphatic carbocycles. The van der Waals surface area contributed by atoms with E-state index in [1.165, 1.54) is 16.7 Å². The van der Waals surface area contributed by atoms with Crippen molar-refractivity contribution in [3.63, 3.8) is 0 Å². The maximum atomic E-state index is 6.21. The van der Waals surface area contributed by atoms with Crippen LogP contribution in [0.4, 0.5) is 0 Å². The molecule has 1 heterocycles. The lowest BCUT2D eigenvalue weighted by molar-refractivity contribution is -0.0779. The van der Waals surface area contributed by atoms with Crippen LogP contribution in [0.3, 0.4) is 0 Å². The summed E-state index contributed by atoms with van der Waals surface area (Å²) in [5.41, 5.74) is 6.61. The fourth-order valence-electron chi connectivity index (χ4n) is 3.53. The second-order valence-corrected chi connectivity index (χ2v) is 7.26. The van der Waals surface area contributed by atoms with Crippen molar-refractivity contribution in [2.24, 2.45) is 11.8 Å². The minimum absolute atomic E-state index is 0.0942. The molecule has 2 atom stereocenters. The van der Waals surface area contributed by atoms with Crippen molar-refractivity contribution in [1.82, 2.24) is 5.43 Å². The standard InChI is InChI=1S/C17H28N2O/c1-11-7-8-13(9-12(11)2)15(19-18)14-10-16(3,4)20-17(14,5)6/h7-9,14-15,19H,10,18H2,1-6H3. The van der Waals surface area contributed by atoms with E-state index in [2.05, 4.69) is 65.2 Å². The van der Waals surface area contributed by atoms with E-state index in [1.54, 1.807) is 0 Å². The van der Waals surface area contributed by atoms with E-state index in [9.17, 15) is 0 Å². The van der Waals surface area contributed by atoms with Crippen LogP contribution < -0.4 is 11.3 Å². The maximum absolute atomic E-state index is 6.21. The quantitative estimate of drug-likeness (QED) is 0.657. The van der Waals surface area contributed by atoms with Crippen molar-refractivity contribution in [2.75, 3.05) is 0 Å². The molecular weight excluding hydrogens is 248 g/mol. The van der Waals surface area contributed by atoms with E-state index in [0.29, 0.717) is 5.92 Å². The highest BCUT2D eigenvalue weighted by atomic mass is 16.5. The van der Waals surface area contributed by atoms with E-state index < -0.39 is 0 Å². The molecule has 0 bridgehead atoms. The molecule has 1 fully saturated rings. The summed E-state index contributed by atoms with van der Waals surface area (Å²) < 4.78 is 6.21. The van der Waals surface area contributed by atoms with Crippen molar-refractivity contribution in [1.29, 1.82) is 0 Å². The number of nitrogens with two attached hydrogens (primary N) is 1. The Morgan fingerprint density at radius 2 is 1.85 bits per heavy atom. The van der Waals surface area contributed by atoms with E-state index in [-0.39, 0.29) is 17.2 Å². The molecule has 0 amide bonds. The van der Waals surface area contributed by atoms with Gasteiger partial charge < -0.3 is 4.74 Å². The largest absolute Gasteiger partial charge is 0.369 e. The van der Waals surface area contributed by atoms with Crippen LogP contribution in [0.15, 0.2) is 18.2 Å². The first kappa shape index (κ1) is 15.5. The third-order valence-corrected chi connectivity index (χ3v) is 4.62. The summed E-state index contributed by atoms with van der Waals surface area (Å²) in [5, 5.41) is 0. The highest BCUT2D eigenvalue weighted by molar-refractivity contribution is 5.32. The zero-order chi connectivity index (χ0) is 15.1. The van der Waals surface area contributed by atoms with Gasteiger partial charge >= 0.3 is 0 Å². The number of aryl methyl sites for hydroxylation is 2. The molecule has 1 aliphatic rings. The lowest BCUT2D eigenvalue weighted by atomic mass is 9.79. The highest BCUT2D eigenvalue weighted by Crippen LogP contribution is 2.47. The zero-order valence-corrected chi connectivity index (χ0v) is 13.6. The first-order valence-corrected chi connectivity index (χ1v) is 7.40. The van der Waals surface area contributed by atoms with Crippen molar-refractivity contribution in [3.8, 4) is 0 Å². The number of hydrogen-bond donors (Lipinski definition) is 2. The molecule has 1 saturated heterocycles. The highest BCUT2D eigenvalue weighted by Gasteiger charge is 2.49. The average Bonchev–Trinajstić information content (AvgIpc) is 2.53. The van der Waals surface area contributed by atoms with Crippen molar-refractivity contribution < 1.29 is 4.74 Å². The number of ether oxygens (including phenoxy) is 1. The van der Waals surface area contributed by atoms with Gasteiger partial charge in [0.2, 0.25) is 0 Å². The Balaban J connectivity index is 2.35. The third kappa shape index (κ3) is 2.90. The minimum atomic E-state index is -0.181. The Labute approximate surface area is 122 Å². The maximum Gasteiger partial charge on any atom is 0.0681 e. The van der Waals surface area contributed by atoms with Gasteiger partial charge in [0.15, 0.2) is 0 Å². The fourth-order valence-corrected chi connectivity index (χ4v) is 3.53. The normalized spacial score (nSPS) is 25.6. The smallest absolute Gasteiger partial charge is 0.0681 e. The molecule has 112 valence electrons. The molecule has 2 unspecified atom stereocenters. The molecule has 0 saturated carbocycles. The van der Waals surface area contributed by atoms with Crippen LogP contribution in [-0.2, 0) is 4.74 Å². The van der Waals surface area contributed by atoms with Gasteiger partial charge in [-0.05, 0) is 64.7 Å². The second-order valence-electron chi connectivity index (χ2n) is 7.26. The Kier molecular flexibility index (Phi) is 3.98. The molecule has 0 spiro atoms. The van der Waals surface area contributed by atoms with Crippen LogP contribution in [-0.4, -0.2) is 11.2 Å². The van der Waals surface area contributed by atoms with Crippen molar-refractivity contribution in [2.45, 2.75) is 65.2 Å². The third-order valence-electron chi connectivity index (χ3n) is 4.62. The van der Waals surface area contributed by atoms with Crippen LogP contribution in [0, 0.1) is 19.8 Å². The van der Waals surface area contributed by atoms with E-state index >= 15 is 0 Å². The van der Waals surface area contributed by atoms with Gasteiger partial charge in [0.05, 0.1) is 17.2 Å². The molecule has 1 aromatic carbocycles. The summed E-state index contributed by atoms with van der Waals surface area (Å²) in [5.74, 6) is 6.23. The van der Waals surface area contributed by atoms with Crippen LogP contribution >= 0.6 is 0 Å². The predicted molar refractivity (Wildman–Crippen MR) is 83.3 cm³/mol. The molecule has 3 heteroatoms. The summed E-state index contributed by atoms with van der Waals surface area (Å²) in [6, 6.07) is 6.70. The van der Waals surface area contributed by atoms with E-state index in [1.807, 2.05) is 0 Å². The molecule has 20 heavy (non-hydrogen) atoms. The summed E-state index contributed by atoms with van der Waals surface area (Å²) in [4.78, 5) is 0. The lowest BCUT2D eigenvalue weighted by Crippen LogP contribution is -2.41. The summed E-state index contributed by atoms with van der Waals surface area (Å²) in [6.07, 6.45) is 1.00. The monoisotopic (exact) mass is 276 g/mol. The van der Waals surface area contributed by atoms with Crippen LogP contribution in [0.25, 0.3) is 0 Å². The van der Waals surface area contributed by atoms with Crippen LogP contribution in [0.2, 0.25) is 0 Å². The SMILES string of the molecule is Cc1ccc(C(NN)C2CC(C)(C)OC2(C)C)cc1C. The van der Waals surface area contributed by atoms with E-state index in [0.717, 1.165) is 6.42 Å². The molecule has 2 rings (SSSR count). The topological polar surface area (TPSA) is 47.3 Å². The number of hydrazine groups is 1. The Morgan fingerprint density at radius 1 is 1.20 bits per heavy atom. The lowest BCUT2D eigenvalue weighted by Gasteiger charge is -2.33. The molecule has 0 radical (unpaired) electrons. The molecule has 0 aromatic heterocycles. The molecule has 1 aromatic rings. The summed E-state index contributed by atoms with van der Waals surface area (Å²) >= 11 is 0.